The monoisotopic (exact) mass is 277 g/mol. The molecule has 0 N–H and O–H groups in total. The van der Waals surface area contributed by atoms with E-state index in [9.17, 15) is 8.78 Å². The van der Waals surface area contributed by atoms with Crippen molar-refractivity contribution in [2.75, 3.05) is 36.0 Å². The second kappa shape index (κ2) is 5.36. The van der Waals surface area contributed by atoms with Crippen molar-refractivity contribution in [3.05, 3.63) is 42.5 Å². The SMILES string of the molecule is Fc1cnc(N2CCN(c3ccnc(F)c3)CC2)nc1. The normalized spacial score (nSPS) is 15.5. The van der Waals surface area contributed by atoms with Crippen LogP contribution in [0.3, 0.4) is 0 Å². The third kappa shape index (κ3) is 2.66. The number of anilines is 2. The highest BCUT2D eigenvalue weighted by Gasteiger charge is 2.19. The second-order valence-corrected chi connectivity index (χ2v) is 4.51. The first-order chi connectivity index (χ1) is 9.72. The Morgan fingerprint density at radius 3 is 2.20 bits per heavy atom. The summed E-state index contributed by atoms with van der Waals surface area (Å²) in [5.74, 6) is -0.404. The number of hydrogen-bond donors (Lipinski definition) is 0. The standard InChI is InChI=1S/C13H13F2N5/c14-10-8-17-13(18-9-10)20-5-3-19(4-6-20)11-1-2-16-12(15)7-11/h1-2,7-9H,3-6H2. The molecule has 0 atom stereocenters. The minimum absolute atomic E-state index is 0.445. The molecule has 104 valence electrons. The van der Waals surface area contributed by atoms with Gasteiger partial charge >= 0.3 is 0 Å². The van der Waals surface area contributed by atoms with E-state index in [1.54, 1.807) is 6.07 Å². The van der Waals surface area contributed by atoms with Crippen LogP contribution >= 0.6 is 0 Å². The maximum absolute atomic E-state index is 13.1. The van der Waals surface area contributed by atoms with E-state index in [2.05, 4.69) is 19.9 Å². The Balaban J connectivity index is 1.66. The molecular weight excluding hydrogens is 264 g/mol. The number of aromatic nitrogens is 3. The van der Waals surface area contributed by atoms with Gasteiger partial charge in [-0.2, -0.15) is 4.39 Å². The minimum Gasteiger partial charge on any atom is -0.368 e. The molecule has 2 aromatic heterocycles. The van der Waals surface area contributed by atoms with Crippen LogP contribution in [0.5, 0.6) is 0 Å². The van der Waals surface area contributed by atoms with Gasteiger partial charge in [-0.15, -0.1) is 0 Å². The van der Waals surface area contributed by atoms with Gasteiger partial charge in [0, 0.05) is 44.1 Å². The molecule has 0 saturated carbocycles. The van der Waals surface area contributed by atoms with Crippen molar-refractivity contribution in [3.63, 3.8) is 0 Å². The van der Waals surface area contributed by atoms with E-state index < -0.39 is 11.8 Å². The number of piperazine rings is 1. The van der Waals surface area contributed by atoms with E-state index in [4.69, 9.17) is 0 Å². The van der Waals surface area contributed by atoms with E-state index in [1.807, 2.05) is 4.90 Å². The first-order valence-electron chi connectivity index (χ1n) is 6.31. The Morgan fingerprint density at radius 2 is 1.55 bits per heavy atom. The molecule has 3 rings (SSSR count). The smallest absolute Gasteiger partial charge is 0.225 e. The molecule has 20 heavy (non-hydrogen) atoms. The predicted molar refractivity (Wildman–Crippen MR) is 70.6 cm³/mol. The van der Waals surface area contributed by atoms with E-state index in [1.165, 1.54) is 12.3 Å². The molecule has 0 aromatic carbocycles. The van der Waals surface area contributed by atoms with Crippen molar-refractivity contribution in [1.82, 2.24) is 15.0 Å². The second-order valence-electron chi connectivity index (χ2n) is 4.51. The topological polar surface area (TPSA) is 45.2 Å². The first kappa shape index (κ1) is 12.7. The van der Waals surface area contributed by atoms with Crippen LogP contribution in [-0.2, 0) is 0 Å². The average Bonchev–Trinajstić information content (AvgIpc) is 2.48. The minimum atomic E-state index is -0.480. The zero-order valence-electron chi connectivity index (χ0n) is 10.7. The van der Waals surface area contributed by atoms with Crippen LogP contribution in [0.25, 0.3) is 0 Å². The lowest BCUT2D eigenvalue weighted by atomic mass is 10.2. The Labute approximate surface area is 114 Å². The molecular formula is C13H13F2N5. The van der Waals surface area contributed by atoms with Crippen LogP contribution in [0.2, 0.25) is 0 Å². The van der Waals surface area contributed by atoms with Gasteiger partial charge in [-0.05, 0) is 6.07 Å². The Morgan fingerprint density at radius 1 is 0.900 bits per heavy atom. The highest BCUT2D eigenvalue weighted by atomic mass is 19.1. The van der Waals surface area contributed by atoms with Crippen molar-refractivity contribution < 1.29 is 8.78 Å². The number of rotatable bonds is 2. The Kier molecular flexibility index (Phi) is 3.41. The molecule has 0 aliphatic carbocycles. The number of hydrogen-bond acceptors (Lipinski definition) is 5. The van der Waals surface area contributed by atoms with Crippen LogP contribution in [0, 0.1) is 11.8 Å². The summed E-state index contributed by atoms with van der Waals surface area (Å²) in [6.07, 6.45) is 3.78. The van der Waals surface area contributed by atoms with Gasteiger partial charge in [0.2, 0.25) is 11.9 Å². The van der Waals surface area contributed by atoms with Crippen molar-refractivity contribution in [3.8, 4) is 0 Å². The summed E-state index contributed by atoms with van der Waals surface area (Å²) in [4.78, 5) is 15.5. The van der Waals surface area contributed by atoms with Crippen LogP contribution < -0.4 is 9.80 Å². The summed E-state index contributed by atoms with van der Waals surface area (Å²) in [5, 5.41) is 0. The molecule has 2 aromatic rings. The van der Waals surface area contributed by atoms with Gasteiger partial charge in [0.1, 0.15) is 0 Å². The van der Waals surface area contributed by atoms with Crippen molar-refractivity contribution >= 4 is 11.6 Å². The lowest BCUT2D eigenvalue weighted by Crippen LogP contribution is -2.47. The molecule has 7 heteroatoms. The number of pyridine rings is 1. The van der Waals surface area contributed by atoms with Gasteiger partial charge in [0.15, 0.2) is 5.82 Å². The summed E-state index contributed by atoms with van der Waals surface area (Å²) < 4.78 is 25.9. The Hall–Kier alpha value is -2.31. The average molecular weight is 277 g/mol. The van der Waals surface area contributed by atoms with Gasteiger partial charge in [-0.3, -0.25) is 0 Å². The van der Waals surface area contributed by atoms with Gasteiger partial charge in [0.05, 0.1) is 12.4 Å². The molecule has 1 aliphatic heterocycles. The first-order valence-corrected chi connectivity index (χ1v) is 6.31. The zero-order chi connectivity index (χ0) is 13.9. The molecule has 0 spiro atoms. The highest BCUT2D eigenvalue weighted by molar-refractivity contribution is 5.47. The molecule has 0 bridgehead atoms. The van der Waals surface area contributed by atoms with Crippen LogP contribution in [0.4, 0.5) is 20.4 Å². The fourth-order valence-electron chi connectivity index (χ4n) is 2.22. The molecule has 1 fully saturated rings. The summed E-state index contributed by atoms with van der Waals surface area (Å²) in [6.45, 7) is 2.86. The maximum atomic E-state index is 13.1. The molecule has 5 nitrogen and oxygen atoms in total. The summed E-state index contributed by atoms with van der Waals surface area (Å²) in [7, 11) is 0. The summed E-state index contributed by atoms with van der Waals surface area (Å²) in [5.41, 5.74) is 0.817. The van der Waals surface area contributed by atoms with Crippen molar-refractivity contribution in [1.29, 1.82) is 0 Å². The van der Waals surface area contributed by atoms with Gasteiger partial charge in [-0.25, -0.2) is 19.3 Å². The van der Waals surface area contributed by atoms with Crippen LogP contribution in [-0.4, -0.2) is 41.1 Å². The predicted octanol–water partition coefficient (Wildman–Crippen LogP) is 1.48. The largest absolute Gasteiger partial charge is 0.368 e. The molecule has 0 radical (unpaired) electrons. The fourth-order valence-corrected chi connectivity index (χ4v) is 2.22. The quantitative estimate of drug-likeness (QED) is 0.778. The van der Waals surface area contributed by atoms with Gasteiger partial charge in [-0.1, -0.05) is 0 Å². The van der Waals surface area contributed by atoms with E-state index in [-0.39, 0.29) is 0 Å². The van der Waals surface area contributed by atoms with Crippen LogP contribution in [0.1, 0.15) is 0 Å². The molecule has 3 heterocycles. The van der Waals surface area contributed by atoms with Crippen molar-refractivity contribution in [2.45, 2.75) is 0 Å². The van der Waals surface area contributed by atoms with E-state index in [0.717, 1.165) is 31.2 Å². The molecule has 1 aliphatic rings. The third-order valence-corrected chi connectivity index (χ3v) is 3.24. The summed E-state index contributed by atoms with van der Waals surface area (Å²) >= 11 is 0. The number of nitrogens with zero attached hydrogens (tertiary/aromatic N) is 5. The molecule has 0 unspecified atom stereocenters. The molecule has 0 amide bonds. The number of halogens is 2. The Bertz CT molecular complexity index is 582. The van der Waals surface area contributed by atoms with Crippen LogP contribution in [0.15, 0.2) is 30.7 Å². The summed E-state index contributed by atoms with van der Waals surface area (Å²) in [6, 6.07) is 3.21. The van der Waals surface area contributed by atoms with E-state index in [0.29, 0.717) is 19.0 Å². The lowest BCUT2D eigenvalue weighted by molar-refractivity contribution is 0.579. The van der Waals surface area contributed by atoms with Crippen molar-refractivity contribution in [2.24, 2.45) is 0 Å². The maximum Gasteiger partial charge on any atom is 0.225 e. The van der Waals surface area contributed by atoms with E-state index >= 15 is 0 Å². The fraction of sp³-hybridized carbons (Fsp3) is 0.308. The van der Waals surface area contributed by atoms with Gasteiger partial charge < -0.3 is 9.80 Å². The molecule has 1 saturated heterocycles. The van der Waals surface area contributed by atoms with Gasteiger partial charge in [0.25, 0.3) is 0 Å². The zero-order valence-corrected chi connectivity index (χ0v) is 10.7. The third-order valence-electron chi connectivity index (χ3n) is 3.24. The highest BCUT2D eigenvalue weighted by Crippen LogP contribution is 2.18. The lowest BCUT2D eigenvalue weighted by Gasteiger charge is -2.35.